The Balaban J connectivity index is 1.85. The second kappa shape index (κ2) is 6.79. The summed E-state index contributed by atoms with van der Waals surface area (Å²) in [5.41, 5.74) is -0.0841. The maximum atomic E-state index is 13.9. The fourth-order valence-corrected chi connectivity index (χ4v) is 2.79. The van der Waals surface area contributed by atoms with Crippen molar-refractivity contribution in [2.24, 2.45) is 11.8 Å². The van der Waals surface area contributed by atoms with Crippen molar-refractivity contribution in [3.63, 3.8) is 0 Å². The van der Waals surface area contributed by atoms with E-state index in [0.29, 0.717) is 18.0 Å². The number of nitrogens with zero attached hydrogens (tertiary/aromatic N) is 1. The van der Waals surface area contributed by atoms with E-state index in [-0.39, 0.29) is 0 Å². The van der Waals surface area contributed by atoms with Crippen LogP contribution in [0.4, 0.5) is 10.1 Å². The molecule has 0 aliphatic heterocycles. The first-order chi connectivity index (χ1) is 9.58. The Bertz CT molecular complexity index is 471. The number of benzene rings is 1. The summed E-state index contributed by atoms with van der Waals surface area (Å²) in [4.78, 5) is 9.99. The molecule has 2 rings (SSSR count). The molecule has 0 heterocycles. The Labute approximate surface area is 118 Å². The largest absolute Gasteiger partial charge is 0.312 e. The molecule has 1 saturated carbocycles. The fraction of sp³-hybridized carbons (Fsp3) is 0.600. The van der Waals surface area contributed by atoms with Gasteiger partial charge in [0.1, 0.15) is 0 Å². The highest BCUT2D eigenvalue weighted by molar-refractivity contribution is 5.36. The quantitative estimate of drug-likeness (QED) is 0.661. The first-order valence-electron chi connectivity index (χ1n) is 7.20. The van der Waals surface area contributed by atoms with Gasteiger partial charge in [-0.05, 0) is 31.2 Å². The van der Waals surface area contributed by atoms with Crippen molar-refractivity contribution in [3.8, 4) is 0 Å². The molecule has 1 aliphatic rings. The van der Waals surface area contributed by atoms with E-state index in [2.05, 4.69) is 12.2 Å². The molecule has 0 radical (unpaired) electrons. The first kappa shape index (κ1) is 14.9. The summed E-state index contributed by atoms with van der Waals surface area (Å²) >= 11 is 0. The molecule has 1 N–H and O–H groups in total. The van der Waals surface area contributed by atoms with Gasteiger partial charge >= 0.3 is 5.69 Å². The standard InChI is InChI=1S/C15H21FN2O2/c1-11-5-7-12(8-6-11)9-17-10-13-3-2-4-14(15(13)16)18(19)20/h2-4,11-12,17H,5-10H2,1H3. The molecule has 0 amide bonds. The van der Waals surface area contributed by atoms with Crippen LogP contribution in [0, 0.1) is 27.8 Å². The van der Waals surface area contributed by atoms with Crippen molar-refractivity contribution in [3.05, 3.63) is 39.7 Å². The number of rotatable bonds is 5. The molecule has 0 atom stereocenters. The Morgan fingerprint density at radius 1 is 1.35 bits per heavy atom. The predicted molar refractivity (Wildman–Crippen MR) is 75.9 cm³/mol. The van der Waals surface area contributed by atoms with E-state index in [0.717, 1.165) is 12.5 Å². The fourth-order valence-electron chi connectivity index (χ4n) is 2.79. The van der Waals surface area contributed by atoms with E-state index in [1.807, 2.05) is 0 Å². The number of halogens is 1. The lowest BCUT2D eigenvalue weighted by Gasteiger charge is -2.26. The van der Waals surface area contributed by atoms with Gasteiger partial charge in [0.15, 0.2) is 0 Å². The van der Waals surface area contributed by atoms with Crippen LogP contribution >= 0.6 is 0 Å². The van der Waals surface area contributed by atoms with E-state index in [4.69, 9.17) is 0 Å². The van der Waals surface area contributed by atoms with Crippen LogP contribution in [0.25, 0.3) is 0 Å². The van der Waals surface area contributed by atoms with Crippen molar-refractivity contribution in [1.82, 2.24) is 5.32 Å². The highest BCUT2D eigenvalue weighted by Gasteiger charge is 2.19. The summed E-state index contributed by atoms with van der Waals surface area (Å²) in [5.74, 6) is 0.746. The number of hydrogen-bond acceptors (Lipinski definition) is 3. The molecule has 1 aliphatic carbocycles. The van der Waals surface area contributed by atoms with Gasteiger partial charge in [-0.15, -0.1) is 0 Å². The number of hydrogen-bond donors (Lipinski definition) is 1. The molecule has 110 valence electrons. The summed E-state index contributed by atoms with van der Waals surface area (Å²) < 4.78 is 13.9. The van der Waals surface area contributed by atoms with E-state index < -0.39 is 16.4 Å². The molecule has 0 spiro atoms. The maximum absolute atomic E-state index is 13.9. The average molecular weight is 280 g/mol. The number of nitrogens with one attached hydrogen (secondary N) is 1. The van der Waals surface area contributed by atoms with Crippen LogP contribution in [-0.4, -0.2) is 11.5 Å². The summed E-state index contributed by atoms with van der Waals surface area (Å²) in [7, 11) is 0. The van der Waals surface area contributed by atoms with Gasteiger partial charge in [-0.1, -0.05) is 31.9 Å². The Morgan fingerprint density at radius 3 is 2.70 bits per heavy atom. The highest BCUT2D eigenvalue weighted by Crippen LogP contribution is 2.27. The molecule has 0 bridgehead atoms. The second-order valence-electron chi connectivity index (χ2n) is 5.76. The average Bonchev–Trinajstić information content (AvgIpc) is 2.42. The zero-order valence-corrected chi connectivity index (χ0v) is 11.8. The first-order valence-corrected chi connectivity index (χ1v) is 7.20. The summed E-state index contributed by atoms with van der Waals surface area (Å²) in [6, 6.07) is 4.32. The van der Waals surface area contributed by atoms with Crippen molar-refractivity contribution in [2.75, 3.05) is 6.54 Å². The molecule has 1 aromatic carbocycles. The third-order valence-electron chi connectivity index (χ3n) is 4.14. The Kier molecular flexibility index (Phi) is 5.06. The minimum atomic E-state index is -0.720. The minimum Gasteiger partial charge on any atom is -0.312 e. The SMILES string of the molecule is CC1CCC(CNCc2cccc([N+](=O)[O-])c2F)CC1. The van der Waals surface area contributed by atoms with E-state index in [1.165, 1.54) is 37.8 Å². The lowest BCUT2D eigenvalue weighted by atomic mass is 9.83. The molecule has 1 fully saturated rings. The molecule has 0 saturated heterocycles. The van der Waals surface area contributed by atoms with Crippen LogP contribution in [0.1, 0.15) is 38.2 Å². The molecule has 5 heteroatoms. The van der Waals surface area contributed by atoms with Crippen molar-refractivity contribution < 1.29 is 9.31 Å². The second-order valence-corrected chi connectivity index (χ2v) is 5.76. The van der Waals surface area contributed by atoms with Gasteiger partial charge in [-0.25, -0.2) is 0 Å². The summed E-state index contributed by atoms with van der Waals surface area (Å²) in [6.07, 6.45) is 4.95. The topological polar surface area (TPSA) is 55.2 Å². The smallest absolute Gasteiger partial charge is 0.305 e. The maximum Gasteiger partial charge on any atom is 0.305 e. The van der Waals surface area contributed by atoms with Crippen LogP contribution < -0.4 is 5.32 Å². The monoisotopic (exact) mass is 280 g/mol. The van der Waals surface area contributed by atoms with Gasteiger partial charge in [0, 0.05) is 18.2 Å². The van der Waals surface area contributed by atoms with Gasteiger partial charge in [0.05, 0.1) is 4.92 Å². The van der Waals surface area contributed by atoms with Crippen molar-refractivity contribution >= 4 is 5.69 Å². The van der Waals surface area contributed by atoms with Crippen LogP contribution in [0.2, 0.25) is 0 Å². The molecular formula is C15H21FN2O2. The number of nitro groups is 1. The molecule has 4 nitrogen and oxygen atoms in total. The lowest BCUT2D eigenvalue weighted by molar-refractivity contribution is -0.387. The van der Waals surface area contributed by atoms with Gasteiger partial charge in [-0.3, -0.25) is 10.1 Å². The number of nitro benzene ring substituents is 1. The van der Waals surface area contributed by atoms with Gasteiger partial charge < -0.3 is 5.32 Å². The normalized spacial score (nSPS) is 22.7. The van der Waals surface area contributed by atoms with Crippen molar-refractivity contribution in [1.29, 1.82) is 0 Å². The Morgan fingerprint density at radius 2 is 2.05 bits per heavy atom. The van der Waals surface area contributed by atoms with Crippen LogP contribution in [0.5, 0.6) is 0 Å². The van der Waals surface area contributed by atoms with Crippen molar-refractivity contribution in [2.45, 2.75) is 39.2 Å². The molecule has 1 aromatic rings. The lowest BCUT2D eigenvalue weighted by Crippen LogP contribution is -2.26. The van der Waals surface area contributed by atoms with E-state index in [1.54, 1.807) is 6.07 Å². The van der Waals surface area contributed by atoms with Gasteiger partial charge in [-0.2, -0.15) is 4.39 Å². The molecule has 0 aromatic heterocycles. The summed E-state index contributed by atoms with van der Waals surface area (Å²) in [5, 5.41) is 13.9. The summed E-state index contributed by atoms with van der Waals surface area (Å²) in [6.45, 7) is 3.48. The van der Waals surface area contributed by atoms with E-state index in [9.17, 15) is 14.5 Å². The van der Waals surface area contributed by atoms with Crippen LogP contribution in [0.3, 0.4) is 0 Å². The van der Waals surface area contributed by atoms with Crippen LogP contribution in [-0.2, 0) is 6.54 Å². The molecule has 20 heavy (non-hydrogen) atoms. The van der Waals surface area contributed by atoms with E-state index >= 15 is 0 Å². The van der Waals surface area contributed by atoms with Crippen LogP contribution in [0.15, 0.2) is 18.2 Å². The minimum absolute atomic E-state index is 0.347. The zero-order valence-electron chi connectivity index (χ0n) is 11.8. The zero-order chi connectivity index (χ0) is 14.5. The third-order valence-corrected chi connectivity index (χ3v) is 4.14. The molecule has 0 unspecified atom stereocenters. The highest BCUT2D eigenvalue weighted by atomic mass is 19.1. The van der Waals surface area contributed by atoms with Gasteiger partial charge in [0.2, 0.25) is 5.82 Å². The molecular weight excluding hydrogens is 259 g/mol. The predicted octanol–water partition coefficient (Wildman–Crippen LogP) is 3.65. The Hall–Kier alpha value is -1.49. The van der Waals surface area contributed by atoms with Gasteiger partial charge in [0.25, 0.3) is 0 Å². The third kappa shape index (κ3) is 3.76.